The molecule has 5 heteroatoms. The SMILES string of the molecule is O=C(NCC(c1ccsc1)n1cccn1)C1CC1. The van der Waals surface area contributed by atoms with Crippen molar-refractivity contribution in [3.8, 4) is 0 Å². The van der Waals surface area contributed by atoms with Crippen molar-refractivity contribution in [3.05, 3.63) is 40.8 Å². The van der Waals surface area contributed by atoms with Crippen molar-refractivity contribution >= 4 is 17.2 Å². The minimum absolute atomic E-state index is 0.0916. The maximum Gasteiger partial charge on any atom is 0.223 e. The fourth-order valence-corrected chi connectivity index (χ4v) is 2.69. The lowest BCUT2D eigenvalue weighted by Crippen LogP contribution is -2.32. The molecule has 2 aromatic heterocycles. The average Bonchev–Trinajstić information content (AvgIpc) is 2.89. The van der Waals surface area contributed by atoms with Gasteiger partial charge in [-0.05, 0) is 41.3 Å². The van der Waals surface area contributed by atoms with Crippen molar-refractivity contribution in [1.29, 1.82) is 0 Å². The Hall–Kier alpha value is -1.62. The highest BCUT2D eigenvalue weighted by Gasteiger charge is 2.30. The molecule has 1 unspecified atom stereocenters. The van der Waals surface area contributed by atoms with Crippen LogP contribution in [0.2, 0.25) is 0 Å². The van der Waals surface area contributed by atoms with Gasteiger partial charge >= 0.3 is 0 Å². The Morgan fingerprint density at radius 3 is 3.11 bits per heavy atom. The third-order valence-electron chi connectivity index (χ3n) is 3.19. The number of carbonyl (C=O) groups is 1. The van der Waals surface area contributed by atoms with Gasteiger partial charge in [0.25, 0.3) is 0 Å². The number of hydrogen-bond donors (Lipinski definition) is 1. The molecular weight excluding hydrogens is 246 g/mol. The summed E-state index contributed by atoms with van der Waals surface area (Å²) in [6, 6.07) is 4.08. The lowest BCUT2D eigenvalue weighted by molar-refractivity contribution is -0.122. The van der Waals surface area contributed by atoms with Crippen molar-refractivity contribution < 1.29 is 4.79 Å². The molecule has 0 radical (unpaired) electrons. The number of amides is 1. The third-order valence-corrected chi connectivity index (χ3v) is 3.89. The van der Waals surface area contributed by atoms with Crippen LogP contribution in [0.25, 0.3) is 0 Å². The highest BCUT2D eigenvalue weighted by atomic mass is 32.1. The van der Waals surface area contributed by atoms with E-state index in [0.29, 0.717) is 6.54 Å². The number of nitrogens with one attached hydrogen (secondary N) is 1. The maximum atomic E-state index is 11.7. The van der Waals surface area contributed by atoms with Crippen LogP contribution in [0.15, 0.2) is 35.3 Å². The molecule has 0 saturated heterocycles. The highest BCUT2D eigenvalue weighted by Crippen LogP contribution is 2.29. The van der Waals surface area contributed by atoms with E-state index in [1.807, 2.05) is 16.9 Å². The Labute approximate surface area is 110 Å². The molecule has 1 saturated carbocycles. The summed E-state index contributed by atoms with van der Waals surface area (Å²) < 4.78 is 1.90. The lowest BCUT2D eigenvalue weighted by Gasteiger charge is -2.17. The molecule has 0 spiro atoms. The zero-order valence-corrected chi connectivity index (χ0v) is 10.8. The van der Waals surface area contributed by atoms with Gasteiger partial charge in [-0.15, -0.1) is 0 Å². The van der Waals surface area contributed by atoms with Crippen molar-refractivity contribution in [2.24, 2.45) is 5.92 Å². The first-order valence-corrected chi connectivity index (χ1v) is 7.08. The fraction of sp³-hybridized carbons (Fsp3) is 0.385. The van der Waals surface area contributed by atoms with E-state index in [9.17, 15) is 4.79 Å². The molecule has 1 atom stereocenters. The standard InChI is InChI=1S/C13H15N3OS/c17-13(10-2-3-10)14-8-12(11-4-7-18-9-11)16-6-1-5-15-16/h1,4-7,9-10,12H,2-3,8H2,(H,14,17). The molecule has 4 nitrogen and oxygen atoms in total. The summed E-state index contributed by atoms with van der Waals surface area (Å²) in [6.07, 6.45) is 5.78. The van der Waals surface area contributed by atoms with Gasteiger partial charge in [-0.1, -0.05) is 0 Å². The summed E-state index contributed by atoms with van der Waals surface area (Å²) in [5.74, 6) is 0.438. The van der Waals surface area contributed by atoms with Crippen molar-refractivity contribution in [2.75, 3.05) is 6.54 Å². The Kier molecular flexibility index (Phi) is 3.15. The Morgan fingerprint density at radius 1 is 1.61 bits per heavy atom. The Morgan fingerprint density at radius 2 is 2.50 bits per heavy atom. The molecule has 2 aromatic rings. The normalized spacial score (nSPS) is 16.4. The molecule has 3 rings (SSSR count). The number of nitrogens with zero attached hydrogens (tertiary/aromatic N) is 2. The maximum absolute atomic E-state index is 11.7. The summed E-state index contributed by atoms with van der Waals surface area (Å²) in [5.41, 5.74) is 1.19. The number of carbonyl (C=O) groups excluding carboxylic acids is 1. The Bertz CT molecular complexity index is 468. The minimum Gasteiger partial charge on any atom is -0.353 e. The quantitative estimate of drug-likeness (QED) is 0.895. The van der Waals surface area contributed by atoms with E-state index in [2.05, 4.69) is 27.2 Å². The molecule has 0 bridgehead atoms. The van der Waals surface area contributed by atoms with Gasteiger partial charge in [-0.25, -0.2) is 0 Å². The lowest BCUT2D eigenvalue weighted by atomic mass is 10.1. The molecule has 0 aliphatic heterocycles. The first-order valence-electron chi connectivity index (χ1n) is 6.13. The van der Waals surface area contributed by atoms with Gasteiger partial charge in [-0.3, -0.25) is 9.48 Å². The molecule has 0 aromatic carbocycles. The largest absolute Gasteiger partial charge is 0.353 e. The van der Waals surface area contributed by atoms with E-state index >= 15 is 0 Å². The molecule has 1 N–H and O–H groups in total. The second-order valence-electron chi connectivity index (χ2n) is 4.58. The summed E-state index contributed by atoms with van der Waals surface area (Å²) in [4.78, 5) is 11.7. The van der Waals surface area contributed by atoms with Crippen molar-refractivity contribution in [2.45, 2.75) is 18.9 Å². The number of aromatic nitrogens is 2. The van der Waals surface area contributed by atoms with Gasteiger partial charge in [0.2, 0.25) is 5.91 Å². The first kappa shape index (κ1) is 11.5. The van der Waals surface area contributed by atoms with Crippen LogP contribution in [-0.2, 0) is 4.79 Å². The minimum atomic E-state index is 0.0916. The molecule has 1 aliphatic rings. The monoisotopic (exact) mass is 261 g/mol. The Balaban J connectivity index is 1.71. The van der Waals surface area contributed by atoms with Crippen LogP contribution in [0.4, 0.5) is 0 Å². The molecule has 18 heavy (non-hydrogen) atoms. The number of hydrogen-bond acceptors (Lipinski definition) is 3. The van der Waals surface area contributed by atoms with Gasteiger partial charge in [0.15, 0.2) is 0 Å². The topological polar surface area (TPSA) is 46.9 Å². The molecular formula is C13H15N3OS. The average molecular weight is 261 g/mol. The van der Waals surface area contributed by atoms with E-state index in [1.165, 1.54) is 5.56 Å². The zero-order chi connectivity index (χ0) is 12.4. The highest BCUT2D eigenvalue weighted by molar-refractivity contribution is 7.07. The fourth-order valence-electron chi connectivity index (χ4n) is 1.98. The third kappa shape index (κ3) is 2.46. The van der Waals surface area contributed by atoms with Gasteiger partial charge < -0.3 is 5.32 Å². The van der Waals surface area contributed by atoms with E-state index in [-0.39, 0.29) is 17.9 Å². The molecule has 1 aliphatic carbocycles. The summed E-state index contributed by atoms with van der Waals surface area (Å²) in [6.45, 7) is 0.605. The van der Waals surface area contributed by atoms with E-state index in [4.69, 9.17) is 0 Å². The van der Waals surface area contributed by atoms with Crippen LogP contribution >= 0.6 is 11.3 Å². The van der Waals surface area contributed by atoms with Crippen molar-refractivity contribution in [3.63, 3.8) is 0 Å². The van der Waals surface area contributed by atoms with Crippen LogP contribution in [-0.4, -0.2) is 22.2 Å². The van der Waals surface area contributed by atoms with E-state index < -0.39 is 0 Å². The summed E-state index contributed by atoms with van der Waals surface area (Å²) in [7, 11) is 0. The second-order valence-corrected chi connectivity index (χ2v) is 5.36. The van der Waals surface area contributed by atoms with Crippen LogP contribution in [0.5, 0.6) is 0 Å². The number of rotatable bonds is 5. The number of thiophene rings is 1. The predicted molar refractivity (Wildman–Crippen MR) is 70.4 cm³/mol. The molecule has 1 amide bonds. The first-order chi connectivity index (χ1) is 8.84. The van der Waals surface area contributed by atoms with E-state index in [0.717, 1.165) is 12.8 Å². The summed E-state index contributed by atoms with van der Waals surface area (Å²) >= 11 is 1.66. The molecule has 1 fully saturated rings. The summed E-state index contributed by atoms with van der Waals surface area (Å²) in [5, 5.41) is 11.5. The van der Waals surface area contributed by atoms with E-state index in [1.54, 1.807) is 17.5 Å². The second kappa shape index (κ2) is 4.94. The predicted octanol–water partition coefficient (Wildman–Crippen LogP) is 2.06. The van der Waals surface area contributed by atoms with Crippen LogP contribution in [0.3, 0.4) is 0 Å². The van der Waals surface area contributed by atoms with Crippen molar-refractivity contribution in [1.82, 2.24) is 15.1 Å². The van der Waals surface area contributed by atoms with Gasteiger partial charge in [0.1, 0.15) is 0 Å². The van der Waals surface area contributed by atoms with Gasteiger partial charge in [0, 0.05) is 24.9 Å². The van der Waals surface area contributed by atoms with Gasteiger partial charge in [-0.2, -0.15) is 16.4 Å². The van der Waals surface area contributed by atoms with Crippen LogP contribution in [0.1, 0.15) is 24.4 Å². The van der Waals surface area contributed by atoms with Gasteiger partial charge in [0.05, 0.1) is 6.04 Å². The van der Waals surface area contributed by atoms with Crippen LogP contribution < -0.4 is 5.32 Å². The zero-order valence-electron chi connectivity index (χ0n) is 9.95. The smallest absolute Gasteiger partial charge is 0.223 e. The van der Waals surface area contributed by atoms with Crippen LogP contribution in [0, 0.1) is 5.92 Å². The molecule has 94 valence electrons. The molecule has 2 heterocycles.